The van der Waals surface area contributed by atoms with Gasteiger partial charge in [-0.25, -0.2) is 0 Å². The van der Waals surface area contributed by atoms with Crippen molar-refractivity contribution < 1.29 is 9.59 Å². The van der Waals surface area contributed by atoms with Crippen LogP contribution in [0.3, 0.4) is 0 Å². The second kappa shape index (κ2) is 7.94. The topological polar surface area (TPSA) is 113 Å². The van der Waals surface area contributed by atoms with Crippen molar-refractivity contribution in [1.29, 1.82) is 0 Å². The van der Waals surface area contributed by atoms with Gasteiger partial charge in [0.1, 0.15) is 0 Å². The number of nitrogens with zero attached hydrogens (tertiary/aromatic N) is 1. The number of aromatic nitrogens is 2. The van der Waals surface area contributed by atoms with Crippen molar-refractivity contribution in [3.63, 3.8) is 0 Å². The van der Waals surface area contributed by atoms with Gasteiger partial charge in [0.2, 0.25) is 5.91 Å². The van der Waals surface area contributed by atoms with Gasteiger partial charge in [-0.2, -0.15) is 5.10 Å². The van der Waals surface area contributed by atoms with E-state index in [1.807, 2.05) is 38.1 Å². The summed E-state index contributed by atoms with van der Waals surface area (Å²) in [5, 5.41) is 13.0. The molecule has 1 heterocycles. The Hall–Kier alpha value is -2.12. The van der Waals surface area contributed by atoms with E-state index in [1.165, 1.54) is 0 Å². The van der Waals surface area contributed by atoms with Crippen molar-refractivity contribution in [2.75, 3.05) is 13.1 Å². The fraction of sp³-hybridized carbons (Fsp3) is 0.400. The first kappa shape index (κ1) is 18.9. The molecule has 2 amide bonds. The lowest BCUT2D eigenvalue weighted by atomic mass is 10.1. The maximum absolute atomic E-state index is 12.1. The molecule has 0 saturated carbocycles. The molecule has 1 aromatic carbocycles. The molecule has 2 aromatic rings. The molecule has 0 spiro atoms. The Morgan fingerprint density at radius 2 is 1.96 bits per heavy atom. The van der Waals surface area contributed by atoms with Crippen LogP contribution in [0.25, 0.3) is 10.9 Å². The van der Waals surface area contributed by atoms with E-state index in [0.717, 1.165) is 10.9 Å². The van der Waals surface area contributed by atoms with Gasteiger partial charge in [-0.15, -0.1) is 12.4 Å². The minimum absolute atomic E-state index is 0. The van der Waals surface area contributed by atoms with E-state index in [0.29, 0.717) is 12.2 Å². The van der Waals surface area contributed by atoms with Crippen LogP contribution in [0.1, 0.15) is 30.8 Å². The number of carbonyl (C=O) groups excluding carboxylic acids is 2. The fourth-order valence-electron chi connectivity index (χ4n) is 1.92. The van der Waals surface area contributed by atoms with Crippen LogP contribution in [-0.2, 0) is 4.79 Å². The molecule has 0 unspecified atom stereocenters. The predicted octanol–water partition coefficient (Wildman–Crippen LogP) is 0.958. The molecule has 23 heavy (non-hydrogen) atoms. The molecule has 126 valence electrons. The molecule has 7 nitrogen and oxygen atoms in total. The zero-order valence-corrected chi connectivity index (χ0v) is 14.0. The molecule has 0 saturated heterocycles. The van der Waals surface area contributed by atoms with Crippen molar-refractivity contribution >= 4 is 35.1 Å². The third kappa shape index (κ3) is 5.54. The van der Waals surface area contributed by atoms with Gasteiger partial charge in [0.05, 0.1) is 5.52 Å². The molecule has 0 aliphatic rings. The standard InChI is InChI=1S/C15H21N5O2.ClH/c1-15(2,16)9-18-12(21)7-8-17-14(22)13-10-5-3-4-6-11(10)19-20-13;/h3-6H,7-9,16H2,1-2H3,(H,17,22)(H,18,21)(H,19,20);1H. The van der Waals surface area contributed by atoms with Gasteiger partial charge >= 0.3 is 0 Å². The molecule has 0 aliphatic heterocycles. The Labute approximate surface area is 140 Å². The Bertz CT molecular complexity index is 678. The molecule has 2 rings (SSSR count). The van der Waals surface area contributed by atoms with E-state index in [1.54, 1.807) is 0 Å². The van der Waals surface area contributed by atoms with Gasteiger partial charge in [-0.1, -0.05) is 18.2 Å². The number of fused-ring (bicyclic) bond motifs is 1. The average molecular weight is 340 g/mol. The third-order valence-electron chi connectivity index (χ3n) is 3.06. The Kier molecular flexibility index (Phi) is 6.53. The Balaban J connectivity index is 0.00000264. The van der Waals surface area contributed by atoms with E-state index >= 15 is 0 Å². The highest BCUT2D eigenvalue weighted by atomic mass is 35.5. The summed E-state index contributed by atoms with van der Waals surface area (Å²) in [6.45, 7) is 4.30. The summed E-state index contributed by atoms with van der Waals surface area (Å²) in [7, 11) is 0. The number of rotatable bonds is 6. The molecule has 0 bridgehead atoms. The average Bonchev–Trinajstić information content (AvgIpc) is 2.88. The van der Waals surface area contributed by atoms with Gasteiger partial charge in [-0.05, 0) is 19.9 Å². The largest absolute Gasteiger partial charge is 0.354 e. The number of hydrogen-bond acceptors (Lipinski definition) is 4. The van der Waals surface area contributed by atoms with Gasteiger partial charge < -0.3 is 16.4 Å². The molecule has 5 N–H and O–H groups in total. The summed E-state index contributed by atoms with van der Waals surface area (Å²) in [5.41, 5.74) is 6.46. The smallest absolute Gasteiger partial charge is 0.272 e. The molecule has 0 atom stereocenters. The Morgan fingerprint density at radius 3 is 2.65 bits per heavy atom. The quantitative estimate of drug-likeness (QED) is 0.627. The predicted molar refractivity (Wildman–Crippen MR) is 91.6 cm³/mol. The first-order chi connectivity index (χ1) is 10.4. The number of para-hydroxylation sites is 1. The highest BCUT2D eigenvalue weighted by Gasteiger charge is 2.15. The number of hydrogen-bond donors (Lipinski definition) is 4. The molecular formula is C15H22ClN5O2. The maximum Gasteiger partial charge on any atom is 0.272 e. The summed E-state index contributed by atoms with van der Waals surface area (Å²) >= 11 is 0. The van der Waals surface area contributed by atoms with E-state index < -0.39 is 5.54 Å². The zero-order valence-electron chi connectivity index (χ0n) is 13.2. The van der Waals surface area contributed by atoms with Crippen LogP contribution in [0.4, 0.5) is 0 Å². The molecule has 0 fully saturated rings. The highest BCUT2D eigenvalue weighted by Crippen LogP contribution is 2.14. The summed E-state index contributed by atoms with van der Waals surface area (Å²) < 4.78 is 0. The van der Waals surface area contributed by atoms with E-state index in [2.05, 4.69) is 20.8 Å². The van der Waals surface area contributed by atoms with Gasteiger partial charge in [-0.3, -0.25) is 14.7 Å². The molecule has 0 aliphatic carbocycles. The van der Waals surface area contributed by atoms with Crippen LogP contribution < -0.4 is 16.4 Å². The lowest BCUT2D eigenvalue weighted by molar-refractivity contribution is -0.121. The molecule has 8 heteroatoms. The number of H-pyrrole nitrogens is 1. The zero-order chi connectivity index (χ0) is 16.2. The SMILES string of the molecule is CC(C)(N)CNC(=O)CCNC(=O)c1n[nH]c2ccccc12.Cl. The van der Waals surface area contributed by atoms with Crippen molar-refractivity contribution in [3.05, 3.63) is 30.0 Å². The number of aromatic amines is 1. The van der Waals surface area contributed by atoms with Crippen LogP contribution in [0, 0.1) is 0 Å². The monoisotopic (exact) mass is 339 g/mol. The first-order valence-electron chi connectivity index (χ1n) is 7.14. The van der Waals surface area contributed by atoms with Crippen LogP contribution in [0.5, 0.6) is 0 Å². The maximum atomic E-state index is 12.1. The van der Waals surface area contributed by atoms with Crippen molar-refractivity contribution in [2.45, 2.75) is 25.8 Å². The van der Waals surface area contributed by atoms with Crippen molar-refractivity contribution in [1.82, 2.24) is 20.8 Å². The summed E-state index contributed by atoms with van der Waals surface area (Å²) in [5.74, 6) is -0.449. The van der Waals surface area contributed by atoms with Crippen molar-refractivity contribution in [3.8, 4) is 0 Å². The number of carbonyl (C=O) groups is 2. The van der Waals surface area contributed by atoms with Gasteiger partial charge in [0, 0.05) is 30.4 Å². The molecular weight excluding hydrogens is 318 g/mol. The van der Waals surface area contributed by atoms with Gasteiger partial charge in [0.15, 0.2) is 5.69 Å². The van der Waals surface area contributed by atoms with Crippen LogP contribution >= 0.6 is 12.4 Å². The van der Waals surface area contributed by atoms with E-state index in [9.17, 15) is 9.59 Å². The molecule has 1 aromatic heterocycles. The number of nitrogens with two attached hydrogens (primary N) is 1. The van der Waals surface area contributed by atoms with Crippen LogP contribution in [0.2, 0.25) is 0 Å². The number of amides is 2. The lowest BCUT2D eigenvalue weighted by Gasteiger charge is -2.18. The fourth-order valence-corrected chi connectivity index (χ4v) is 1.92. The minimum Gasteiger partial charge on any atom is -0.354 e. The van der Waals surface area contributed by atoms with E-state index in [4.69, 9.17) is 5.73 Å². The first-order valence-corrected chi connectivity index (χ1v) is 7.14. The number of halogens is 1. The van der Waals surface area contributed by atoms with Crippen molar-refractivity contribution in [2.24, 2.45) is 5.73 Å². The summed E-state index contributed by atoms with van der Waals surface area (Å²) in [4.78, 5) is 23.7. The lowest BCUT2D eigenvalue weighted by Crippen LogP contribution is -2.45. The second-order valence-corrected chi connectivity index (χ2v) is 5.89. The third-order valence-corrected chi connectivity index (χ3v) is 3.06. The minimum atomic E-state index is -0.452. The number of benzene rings is 1. The van der Waals surface area contributed by atoms with Crippen LogP contribution in [0.15, 0.2) is 24.3 Å². The summed E-state index contributed by atoms with van der Waals surface area (Å²) in [6.07, 6.45) is 0.199. The highest BCUT2D eigenvalue weighted by molar-refractivity contribution is 6.04. The molecule has 0 radical (unpaired) electrons. The van der Waals surface area contributed by atoms with E-state index in [-0.39, 0.29) is 37.2 Å². The van der Waals surface area contributed by atoms with Crippen LogP contribution in [-0.4, -0.2) is 40.6 Å². The number of nitrogens with one attached hydrogen (secondary N) is 3. The second-order valence-electron chi connectivity index (χ2n) is 5.89. The van der Waals surface area contributed by atoms with Gasteiger partial charge in [0.25, 0.3) is 5.91 Å². The normalized spacial score (nSPS) is 10.9. The summed E-state index contributed by atoms with van der Waals surface area (Å²) in [6, 6.07) is 7.38. The Morgan fingerprint density at radius 1 is 1.26 bits per heavy atom.